The molecular weight excluding hydrogens is 240 g/mol. The quantitative estimate of drug-likeness (QED) is 0.650. The Balaban J connectivity index is 0. The highest BCUT2D eigenvalue weighted by atomic mass is 32.3. The molecule has 14 heavy (non-hydrogen) atoms. The molecule has 0 radical (unpaired) electrons. The van der Waals surface area contributed by atoms with Gasteiger partial charge in [-0.2, -0.15) is 16.8 Å². The summed E-state index contributed by atoms with van der Waals surface area (Å²) >= 11 is 0. The summed E-state index contributed by atoms with van der Waals surface area (Å²) in [5.41, 5.74) is 0. The average molecular weight is 252 g/mol. The Morgan fingerprint density at radius 3 is 1.07 bits per heavy atom. The predicted octanol–water partition coefficient (Wildman–Crippen LogP) is -0.349. The summed E-state index contributed by atoms with van der Waals surface area (Å²) in [5.74, 6) is 0. The molecule has 0 aliphatic rings. The number of rotatable bonds is 4. The van der Waals surface area contributed by atoms with E-state index in [1.165, 1.54) is 13.8 Å². The van der Waals surface area contributed by atoms with Crippen molar-refractivity contribution in [2.75, 3.05) is 13.2 Å². The van der Waals surface area contributed by atoms with Crippen LogP contribution in [0.2, 0.25) is 0 Å². The fraction of sp³-hybridized carbons (Fsp3) is 1.00. The Kier molecular flexibility index (Phi) is 8.19. The molecule has 0 saturated carbocycles. The molecule has 0 aliphatic carbocycles. The van der Waals surface area contributed by atoms with Crippen LogP contribution in [0.15, 0.2) is 0 Å². The van der Waals surface area contributed by atoms with Crippen LogP contribution in [0.25, 0.3) is 0 Å². The lowest BCUT2D eigenvalue weighted by Gasteiger charge is -1.88. The lowest BCUT2D eigenvalue weighted by molar-refractivity contribution is 0.281. The van der Waals surface area contributed by atoms with Crippen molar-refractivity contribution in [2.24, 2.45) is 0 Å². The Morgan fingerprint density at radius 1 is 0.857 bits per heavy atom. The lowest BCUT2D eigenvalue weighted by atomic mass is 10.9. The first kappa shape index (κ1) is 16.2. The Labute approximate surface area is 82.7 Å². The van der Waals surface area contributed by atoms with Gasteiger partial charge < -0.3 is 0 Å². The van der Waals surface area contributed by atoms with Crippen LogP contribution in [0.3, 0.4) is 0 Å². The highest BCUT2D eigenvalue weighted by molar-refractivity contribution is 7.81. The van der Waals surface area contributed by atoms with Crippen molar-refractivity contribution in [1.82, 2.24) is 0 Å². The van der Waals surface area contributed by atoms with Gasteiger partial charge in [0.05, 0.1) is 13.2 Å². The van der Waals surface area contributed by atoms with Gasteiger partial charge in [-0.3, -0.25) is 9.11 Å². The van der Waals surface area contributed by atoms with Gasteiger partial charge in [0.25, 0.3) is 0 Å². The molecule has 0 saturated heterocycles. The molecule has 0 atom stereocenters. The minimum absolute atomic E-state index is 0.0289. The van der Waals surface area contributed by atoms with Crippen molar-refractivity contribution in [3.05, 3.63) is 0 Å². The van der Waals surface area contributed by atoms with Crippen molar-refractivity contribution in [2.45, 2.75) is 13.8 Å². The van der Waals surface area contributed by atoms with Gasteiger partial charge in [-0.1, -0.05) is 0 Å². The Hall–Kier alpha value is -0.260. The summed E-state index contributed by atoms with van der Waals surface area (Å²) in [6.07, 6.45) is 0. The third kappa shape index (κ3) is 22.6. The minimum atomic E-state index is -4.17. The van der Waals surface area contributed by atoms with Gasteiger partial charge in [-0.25, -0.2) is 8.37 Å². The summed E-state index contributed by atoms with van der Waals surface area (Å²) in [7, 11) is -8.35. The van der Waals surface area contributed by atoms with E-state index in [1.807, 2.05) is 0 Å². The summed E-state index contributed by atoms with van der Waals surface area (Å²) < 4.78 is 61.3. The first-order chi connectivity index (χ1) is 6.12. The van der Waals surface area contributed by atoms with Crippen LogP contribution in [-0.4, -0.2) is 39.2 Å². The summed E-state index contributed by atoms with van der Waals surface area (Å²) in [4.78, 5) is 0. The first-order valence-electron chi connectivity index (χ1n) is 3.36. The normalized spacial score (nSPS) is 11.7. The average Bonchev–Trinajstić information content (AvgIpc) is 1.81. The van der Waals surface area contributed by atoms with E-state index in [4.69, 9.17) is 9.11 Å². The van der Waals surface area contributed by atoms with Gasteiger partial charge >= 0.3 is 20.8 Å². The molecule has 10 heteroatoms. The van der Waals surface area contributed by atoms with E-state index in [1.54, 1.807) is 0 Å². The SMILES string of the molecule is CCOS(=O)(=O)O.CCOS(=O)(=O)O. The van der Waals surface area contributed by atoms with Crippen LogP contribution in [0.4, 0.5) is 0 Å². The molecule has 0 aromatic heterocycles. The summed E-state index contributed by atoms with van der Waals surface area (Å²) in [5, 5.41) is 0. The summed E-state index contributed by atoms with van der Waals surface area (Å²) in [6, 6.07) is 0. The van der Waals surface area contributed by atoms with E-state index in [0.29, 0.717) is 0 Å². The number of hydrogen-bond acceptors (Lipinski definition) is 6. The third-order valence-corrected chi connectivity index (χ3v) is 1.60. The molecule has 0 rings (SSSR count). The highest BCUT2D eigenvalue weighted by Gasteiger charge is 1.98. The zero-order valence-corrected chi connectivity index (χ0v) is 9.21. The van der Waals surface area contributed by atoms with Crippen molar-refractivity contribution in [1.29, 1.82) is 0 Å². The molecular formula is C4H12O8S2. The molecule has 8 nitrogen and oxygen atoms in total. The minimum Gasteiger partial charge on any atom is -0.264 e. The molecule has 0 aromatic rings. The van der Waals surface area contributed by atoms with E-state index in [-0.39, 0.29) is 13.2 Å². The number of hydrogen-bond donors (Lipinski definition) is 2. The van der Waals surface area contributed by atoms with E-state index in [9.17, 15) is 16.8 Å². The van der Waals surface area contributed by atoms with Crippen LogP contribution in [0.5, 0.6) is 0 Å². The third-order valence-electron chi connectivity index (χ3n) is 0.534. The van der Waals surface area contributed by atoms with E-state index in [2.05, 4.69) is 8.37 Å². The molecule has 0 heterocycles. The molecule has 0 aromatic carbocycles. The highest BCUT2D eigenvalue weighted by Crippen LogP contribution is 1.81. The van der Waals surface area contributed by atoms with Crippen molar-refractivity contribution >= 4 is 20.8 Å². The molecule has 0 bridgehead atoms. The fourth-order valence-electron chi connectivity index (χ4n) is 0.298. The van der Waals surface area contributed by atoms with Crippen molar-refractivity contribution in [3.63, 3.8) is 0 Å². The topological polar surface area (TPSA) is 127 Å². The van der Waals surface area contributed by atoms with Gasteiger partial charge in [0, 0.05) is 0 Å². The standard InChI is InChI=1S/2C2H6O4S/c2*1-2-6-7(3,4)5/h2*2H2,1H3,(H,3,4,5). The molecule has 0 fully saturated rings. The largest absolute Gasteiger partial charge is 0.397 e. The van der Waals surface area contributed by atoms with Crippen LogP contribution in [0, 0.1) is 0 Å². The van der Waals surface area contributed by atoms with Crippen LogP contribution in [-0.2, 0) is 29.2 Å². The zero-order chi connectivity index (χ0) is 11.8. The second-order valence-electron chi connectivity index (χ2n) is 1.67. The molecule has 0 amide bonds. The molecule has 2 N–H and O–H groups in total. The van der Waals surface area contributed by atoms with E-state index < -0.39 is 20.8 Å². The maximum atomic E-state index is 9.56. The van der Waals surface area contributed by atoms with Crippen molar-refractivity contribution < 1.29 is 34.3 Å². The fourth-order valence-corrected chi connectivity index (χ4v) is 0.894. The predicted molar refractivity (Wildman–Crippen MR) is 46.3 cm³/mol. The maximum absolute atomic E-state index is 9.56. The van der Waals surface area contributed by atoms with Crippen LogP contribution in [0.1, 0.15) is 13.8 Å². The van der Waals surface area contributed by atoms with Gasteiger partial charge in [-0.05, 0) is 13.8 Å². The first-order valence-corrected chi connectivity index (χ1v) is 6.09. The van der Waals surface area contributed by atoms with Gasteiger partial charge in [-0.15, -0.1) is 0 Å². The molecule has 0 aliphatic heterocycles. The molecule has 0 spiro atoms. The lowest BCUT2D eigenvalue weighted by Crippen LogP contribution is -2.01. The Morgan fingerprint density at radius 2 is 1.07 bits per heavy atom. The zero-order valence-electron chi connectivity index (χ0n) is 7.57. The van der Waals surface area contributed by atoms with E-state index >= 15 is 0 Å². The van der Waals surface area contributed by atoms with Crippen LogP contribution < -0.4 is 0 Å². The monoisotopic (exact) mass is 252 g/mol. The maximum Gasteiger partial charge on any atom is 0.397 e. The second-order valence-corrected chi connectivity index (χ2v) is 3.85. The second kappa shape index (κ2) is 7.09. The van der Waals surface area contributed by atoms with Crippen LogP contribution >= 0.6 is 0 Å². The Bertz CT molecular complexity index is 279. The molecule has 88 valence electrons. The van der Waals surface area contributed by atoms with Gasteiger partial charge in [0.15, 0.2) is 0 Å². The van der Waals surface area contributed by atoms with Crippen molar-refractivity contribution in [3.8, 4) is 0 Å². The molecule has 0 unspecified atom stereocenters. The smallest absolute Gasteiger partial charge is 0.264 e. The van der Waals surface area contributed by atoms with E-state index in [0.717, 1.165) is 0 Å². The van der Waals surface area contributed by atoms with Gasteiger partial charge in [0.2, 0.25) is 0 Å². The van der Waals surface area contributed by atoms with Gasteiger partial charge in [0.1, 0.15) is 0 Å². The summed E-state index contributed by atoms with van der Waals surface area (Å²) in [6.45, 7) is 2.87.